The maximum absolute atomic E-state index is 12.5. The highest BCUT2D eigenvalue weighted by atomic mass is 16.5. The van der Waals surface area contributed by atoms with E-state index in [1.54, 1.807) is 43.6 Å². The Hall–Kier alpha value is -4.04. The molecule has 8 heteroatoms. The van der Waals surface area contributed by atoms with Crippen molar-refractivity contribution >= 4 is 11.7 Å². The van der Waals surface area contributed by atoms with E-state index in [2.05, 4.69) is 55.7 Å². The van der Waals surface area contributed by atoms with Crippen LogP contribution < -0.4 is 10.1 Å². The molecular weight excluding hydrogens is 454 g/mol. The molecule has 2 aromatic heterocycles. The molecule has 0 radical (unpaired) electrons. The lowest BCUT2D eigenvalue weighted by Gasteiger charge is -2.21. The first-order valence-electron chi connectivity index (χ1n) is 12.2. The van der Waals surface area contributed by atoms with Crippen LogP contribution in [0.5, 0.6) is 5.75 Å². The molecule has 0 spiro atoms. The number of nitrogens with zero attached hydrogens (tertiary/aromatic N) is 4. The third-order valence-electron chi connectivity index (χ3n) is 6.46. The summed E-state index contributed by atoms with van der Waals surface area (Å²) in [5.74, 6) is 2.05. The molecule has 1 aliphatic heterocycles. The molecule has 1 fully saturated rings. The lowest BCUT2D eigenvalue weighted by atomic mass is 10.1. The van der Waals surface area contributed by atoms with Crippen molar-refractivity contribution in [3.05, 3.63) is 89.9 Å². The van der Waals surface area contributed by atoms with Gasteiger partial charge >= 0.3 is 0 Å². The number of benzene rings is 2. The number of nitrogens with one attached hydrogen (secondary N) is 1. The molecule has 1 amide bonds. The van der Waals surface area contributed by atoms with Crippen LogP contribution in [0.25, 0.3) is 11.4 Å². The van der Waals surface area contributed by atoms with Gasteiger partial charge in [-0.2, -0.15) is 4.98 Å². The number of carbonyl (C=O) groups is 1. The Bertz CT molecular complexity index is 1270. The summed E-state index contributed by atoms with van der Waals surface area (Å²) in [4.78, 5) is 23.9. The van der Waals surface area contributed by atoms with Gasteiger partial charge in [0.05, 0.1) is 13.2 Å². The average molecular weight is 484 g/mol. The molecule has 1 unspecified atom stereocenters. The van der Waals surface area contributed by atoms with E-state index in [4.69, 9.17) is 9.26 Å². The highest BCUT2D eigenvalue weighted by Gasteiger charge is 2.30. The van der Waals surface area contributed by atoms with E-state index in [0.29, 0.717) is 28.8 Å². The van der Waals surface area contributed by atoms with E-state index >= 15 is 0 Å². The number of amides is 1. The lowest BCUT2D eigenvalue weighted by molar-refractivity contribution is 0.102. The smallest absolute Gasteiger partial charge is 0.256 e. The molecule has 1 N–H and O–H groups in total. The summed E-state index contributed by atoms with van der Waals surface area (Å²) >= 11 is 0. The molecule has 0 aliphatic carbocycles. The fraction of sp³-hybridized carbons (Fsp3) is 0.286. The molecule has 0 saturated carbocycles. The predicted molar refractivity (Wildman–Crippen MR) is 137 cm³/mol. The Morgan fingerprint density at radius 3 is 2.69 bits per heavy atom. The van der Waals surface area contributed by atoms with Crippen LogP contribution in [-0.2, 0) is 6.42 Å². The minimum atomic E-state index is -0.242. The zero-order chi connectivity index (χ0) is 24.7. The Kier molecular flexibility index (Phi) is 7.33. The summed E-state index contributed by atoms with van der Waals surface area (Å²) in [7, 11) is 1.59. The van der Waals surface area contributed by atoms with Crippen molar-refractivity contribution in [2.24, 2.45) is 0 Å². The molecular formula is C28H29N5O3. The fourth-order valence-corrected chi connectivity index (χ4v) is 4.52. The normalized spacial score (nSPS) is 15.6. The van der Waals surface area contributed by atoms with Gasteiger partial charge in [0, 0.05) is 17.3 Å². The van der Waals surface area contributed by atoms with Crippen LogP contribution in [0.4, 0.5) is 5.82 Å². The number of ether oxygens (including phenoxy) is 1. The third-order valence-corrected chi connectivity index (χ3v) is 6.46. The monoisotopic (exact) mass is 483 g/mol. The molecule has 1 aliphatic rings. The van der Waals surface area contributed by atoms with Crippen LogP contribution >= 0.6 is 0 Å². The van der Waals surface area contributed by atoms with Crippen molar-refractivity contribution in [1.82, 2.24) is 20.0 Å². The van der Waals surface area contributed by atoms with Gasteiger partial charge in [0.15, 0.2) is 0 Å². The van der Waals surface area contributed by atoms with Crippen LogP contribution in [0, 0.1) is 0 Å². The van der Waals surface area contributed by atoms with Crippen LogP contribution in [0.1, 0.15) is 47.1 Å². The second-order valence-corrected chi connectivity index (χ2v) is 8.85. The van der Waals surface area contributed by atoms with E-state index in [1.165, 1.54) is 5.56 Å². The Balaban J connectivity index is 1.18. The summed E-state index contributed by atoms with van der Waals surface area (Å²) in [6.07, 6.45) is 5.94. The van der Waals surface area contributed by atoms with E-state index in [1.807, 2.05) is 6.07 Å². The molecule has 3 heterocycles. The number of rotatable bonds is 9. The first-order valence-corrected chi connectivity index (χ1v) is 12.2. The van der Waals surface area contributed by atoms with Crippen LogP contribution in [0.15, 0.2) is 77.4 Å². The van der Waals surface area contributed by atoms with Crippen LogP contribution in [-0.4, -0.2) is 46.1 Å². The largest absolute Gasteiger partial charge is 0.497 e. The zero-order valence-electron chi connectivity index (χ0n) is 20.3. The van der Waals surface area contributed by atoms with Crippen LogP contribution in [0.2, 0.25) is 0 Å². The molecule has 5 rings (SSSR count). The molecule has 0 bridgehead atoms. The first-order chi connectivity index (χ1) is 17.7. The number of likely N-dealkylation sites (tertiary alicyclic amines) is 1. The topological polar surface area (TPSA) is 93.4 Å². The minimum absolute atomic E-state index is 0.151. The standard InChI is InChI=1S/C28H29N5O3/c1-35-23-14-11-21(12-15-23)27(34)30-25-16-13-22(19-29-25)26-31-28(36-32-26)24-10-6-18-33(24)17-5-9-20-7-3-2-4-8-20/h2-4,7-8,11-16,19,24H,5-6,9-10,17-18H2,1H3,(H,29,30,34). The second kappa shape index (κ2) is 11.1. The summed E-state index contributed by atoms with van der Waals surface area (Å²) in [5, 5.41) is 7.00. The summed E-state index contributed by atoms with van der Waals surface area (Å²) in [6.45, 7) is 2.04. The molecule has 1 atom stereocenters. The number of pyridine rings is 1. The number of hydrogen-bond acceptors (Lipinski definition) is 7. The van der Waals surface area contributed by atoms with Crippen molar-refractivity contribution in [3.8, 4) is 17.1 Å². The van der Waals surface area contributed by atoms with E-state index in [0.717, 1.165) is 44.3 Å². The van der Waals surface area contributed by atoms with Crippen molar-refractivity contribution in [2.75, 3.05) is 25.5 Å². The molecule has 1 saturated heterocycles. The summed E-state index contributed by atoms with van der Waals surface area (Å²) in [6, 6.07) is 21.2. The van der Waals surface area contributed by atoms with Crippen molar-refractivity contribution in [3.63, 3.8) is 0 Å². The summed E-state index contributed by atoms with van der Waals surface area (Å²) < 4.78 is 10.8. The van der Waals surface area contributed by atoms with E-state index in [-0.39, 0.29) is 11.9 Å². The first kappa shape index (κ1) is 23.7. The number of aromatic nitrogens is 3. The molecule has 4 aromatic rings. The second-order valence-electron chi connectivity index (χ2n) is 8.85. The Labute approximate surface area is 210 Å². The number of hydrogen-bond donors (Lipinski definition) is 1. The van der Waals surface area contributed by atoms with Gasteiger partial charge in [0.25, 0.3) is 5.91 Å². The molecule has 36 heavy (non-hydrogen) atoms. The molecule has 184 valence electrons. The van der Waals surface area contributed by atoms with Crippen LogP contribution in [0.3, 0.4) is 0 Å². The highest BCUT2D eigenvalue weighted by Crippen LogP contribution is 2.32. The Morgan fingerprint density at radius 1 is 1.11 bits per heavy atom. The van der Waals surface area contributed by atoms with Gasteiger partial charge < -0.3 is 14.6 Å². The SMILES string of the molecule is COc1ccc(C(=O)Nc2ccc(-c3noc(C4CCCN4CCCc4ccccc4)n3)cn2)cc1. The van der Waals surface area contributed by atoms with Gasteiger partial charge in [-0.15, -0.1) is 0 Å². The van der Waals surface area contributed by atoms with Gasteiger partial charge in [-0.3, -0.25) is 9.69 Å². The predicted octanol–water partition coefficient (Wildman–Crippen LogP) is 5.16. The Morgan fingerprint density at radius 2 is 1.94 bits per heavy atom. The third kappa shape index (κ3) is 5.60. The van der Waals surface area contributed by atoms with Gasteiger partial charge in [-0.1, -0.05) is 35.5 Å². The minimum Gasteiger partial charge on any atom is -0.497 e. The number of anilines is 1. The van der Waals surface area contributed by atoms with E-state index < -0.39 is 0 Å². The van der Waals surface area contributed by atoms with Crippen molar-refractivity contribution in [2.45, 2.75) is 31.7 Å². The zero-order valence-corrected chi connectivity index (χ0v) is 20.3. The number of methoxy groups -OCH3 is 1. The van der Waals surface area contributed by atoms with Crippen molar-refractivity contribution in [1.29, 1.82) is 0 Å². The lowest BCUT2D eigenvalue weighted by Crippen LogP contribution is -2.25. The average Bonchev–Trinajstić information content (AvgIpc) is 3.60. The van der Waals surface area contributed by atoms with Gasteiger partial charge in [0.1, 0.15) is 11.6 Å². The maximum atomic E-state index is 12.5. The number of aryl methyl sites for hydroxylation is 1. The quantitative estimate of drug-likeness (QED) is 0.351. The van der Waals surface area contributed by atoms with Gasteiger partial charge in [0.2, 0.25) is 11.7 Å². The number of carbonyl (C=O) groups excluding carboxylic acids is 1. The molecule has 8 nitrogen and oxygen atoms in total. The van der Waals surface area contributed by atoms with E-state index in [9.17, 15) is 4.79 Å². The summed E-state index contributed by atoms with van der Waals surface area (Å²) in [5.41, 5.74) is 2.62. The van der Waals surface area contributed by atoms with Gasteiger partial charge in [-0.25, -0.2) is 4.98 Å². The van der Waals surface area contributed by atoms with Crippen molar-refractivity contribution < 1.29 is 14.1 Å². The van der Waals surface area contributed by atoms with Gasteiger partial charge in [-0.05, 0) is 80.7 Å². The highest BCUT2D eigenvalue weighted by molar-refractivity contribution is 6.03. The molecule has 2 aromatic carbocycles. The maximum Gasteiger partial charge on any atom is 0.256 e. The fourth-order valence-electron chi connectivity index (χ4n) is 4.52.